The third-order valence-corrected chi connectivity index (χ3v) is 4.28. The Bertz CT molecular complexity index is 755. The maximum absolute atomic E-state index is 14.0. The van der Waals surface area contributed by atoms with Gasteiger partial charge in [-0.25, -0.2) is 22.7 Å². The maximum Gasteiger partial charge on any atom is 0.240 e. The van der Waals surface area contributed by atoms with Crippen LogP contribution in [0.2, 0.25) is 0 Å². The van der Waals surface area contributed by atoms with Crippen molar-refractivity contribution < 1.29 is 13.0 Å². The molecule has 0 aliphatic carbocycles. The van der Waals surface area contributed by atoms with Gasteiger partial charge in [0.05, 0.1) is 12.1 Å². The highest BCUT2D eigenvalue weighted by molar-refractivity contribution is 7.85. The van der Waals surface area contributed by atoms with Crippen LogP contribution in [0.5, 0.6) is 0 Å². The minimum Gasteiger partial charge on any atom is -0.250 e. The van der Waals surface area contributed by atoms with Crippen molar-refractivity contribution in [1.82, 2.24) is 14.8 Å². The third kappa shape index (κ3) is 2.34. The molecule has 0 fully saturated rings. The molecular weight excluding hydrogens is 298 g/mol. The number of benzene rings is 1. The zero-order valence-corrected chi connectivity index (χ0v) is 11.6. The van der Waals surface area contributed by atoms with Crippen LogP contribution in [0.4, 0.5) is 8.78 Å². The Hall–Kier alpha value is -2.14. The average Bonchev–Trinajstić information content (AvgIpc) is 3.01. The zero-order valence-electron chi connectivity index (χ0n) is 10.7. The molecule has 1 aliphatic heterocycles. The van der Waals surface area contributed by atoms with Crippen LogP contribution in [0.1, 0.15) is 30.0 Å². The number of hydrogen-bond acceptors (Lipinski definition) is 4. The van der Waals surface area contributed by atoms with Crippen LogP contribution in [0.15, 0.2) is 29.4 Å². The van der Waals surface area contributed by atoms with E-state index >= 15 is 0 Å². The summed E-state index contributed by atoms with van der Waals surface area (Å²) in [7, 11) is -1.70. The van der Waals surface area contributed by atoms with Crippen LogP contribution < -0.4 is 0 Å². The van der Waals surface area contributed by atoms with Gasteiger partial charge in [0, 0.05) is 12.0 Å². The van der Waals surface area contributed by atoms with E-state index in [2.05, 4.69) is 10.1 Å². The first kappa shape index (κ1) is 13.8. The van der Waals surface area contributed by atoms with Crippen molar-refractivity contribution in [3.8, 4) is 6.07 Å². The fourth-order valence-electron chi connectivity index (χ4n) is 2.38. The lowest BCUT2D eigenvalue weighted by molar-refractivity contribution is 0.325. The smallest absolute Gasteiger partial charge is 0.240 e. The van der Waals surface area contributed by atoms with E-state index in [4.69, 9.17) is 5.26 Å². The quantitative estimate of drug-likeness (QED) is 0.870. The van der Waals surface area contributed by atoms with Gasteiger partial charge in [0.25, 0.3) is 0 Å². The van der Waals surface area contributed by atoms with Crippen LogP contribution in [-0.4, -0.2) is 24.7 Å². The Morgan fingerprint density at radius 3 is 2.95 bits per heavy atom. The fraction of sp³-hybridized carbons (Fsp3) is 0.308. The third-order valence-electron chi connectivity index (χ3n) is 3.31. The molecule has 21 heavy (non-hydrogen) atoms. The Kier molecular flexibility index (Phi) is 3.51. The van der Waals surface area contributed by atoms with E-state index in [1.54, 1.807) is 24.3 Å². The number of fused-ring (bicyclic) bond motifs is 1. The normalized spacial score (nSPS) is 21.8. The van der Waals surface area contributed by atoms with Gasteiger partial charge in [0.2, 0.25) is 5.16 Å². The lowest BCUT2D eigenvalue weighted by atomic mass is 10.0. The van der Waals surface area contributed by atoms with Crippen LogP contribution >= 0.6 is 0 Å². The molecule has 3 atom stereocenters. The van der Waals surface area contributed by atoms with E-state index in [9.17, 15) is 13.0 Å². The van der Waals surface area contributed by atoms with Crippen molar-refractivity contribution >= 4 is 10.8 Å². The van der Waals surface area contributed by atoms with Crippen LogP contribution in [0.25, 0.3) is 0 Å². The second-order valence-electron chi connectivity index (χ2n) is 4.59. The highest BCUT2D eigenvalue weighted by atomic mass is 32.2. The molecule has 0 unspecified atom stereocenters. The summed E-state index contributed by atoms with van der Waals surface area (Å²) in [4.78, 5) is 3.90. The van der Waals surface area contributed by atoms with Gasteiger partial charge < -0.3 is 0 Å². The van der Waals surface area contributed by atoms with Gasteiger partial charge >= 0.3 is 0 Å². The number of hydrogen-bond donors (Lipinski definition) is 0. The van der Waals surface area contributed by atoms with Crippen molar-refractivity contribution in [3.05, 3.63) is 41.5 Å². The molecule has 0 N–H and O–H groups in total. The molecule has 0 bridgehead atoms. The Labute approximate surface area is 121 Å². The Balaban J connectivity index is 2.02. The van der Waals surface area contributed by atoms with Crippen molar-refractivity contribution in [2.45, 2.75) is 23.8 Å². The SMILES string of the molecule is N#CC[S@](=O)c1nc2n(n1)[C@H](c1ccccc1F)C[C@@H]2F. The highest BCUT2D eigenvalue weighted by Gasteiger charge is 2.37. The summed E-state index contributed by atoms with van der Waals surface area (Å²) in [5, 5.41) is 12.5. The molecule has 1 aliphatic rings. The summed E-state index contributed by atoms with van der Waals surface area (Å²) in [6.07, 6.45) is -1.35. The molecule has 8 heteroatoms. The van der Waals surface area contributed by atoms with Gasteiger partial charge in [-0.1, -0.05) is 18.2 Å². The molecule has 108 valence electrons. The van der Waals surface area contributed by atoms with Gasteiger partial charge in [0.1, 0.15) is 22.4 Å². The number of aromatic nitrogens is 3. The van der Waals surface area contributed by atoms with E-state index < -0.39 is 28.8 Å². The Morgan fingerprint density at radius 2 is 2.24 bits per heavy atom. The second kappa shape index (κ2) is 5.33. The van der Waals surface area contributed by atoms with Crippen molar-refractivity contribution in [2.24, 2.45) is 0 Å². The molecule has 5 nitrogen and oxygen atoms in total. The van der Waals surface area contributed by atoms with E-state index in [1.165, 1.54) is 10.7 Å². The van der Waals surface area contributed by atoms with Crippen LogP contribution in [-0.2, 0) is 10.8 Å². The lowest BCUT2D eigenvalue weighted by Gasteiger charge is -2.12. The van der Waals surface area contributed by atoms with E-state index in [0.29, 0.717) is 5.56 Å². The first-order valence-corrected chi connectivity index (χ1v) is 7.54. The Morgan fingerprint density at radius 1 is 1.48 bits per heavy atom. The topological polar surface area (TPSA) is 71.6 Å². The van der Waals surface area contributed by atoms with Gasteiger partial charge in [-0.2, -0.15) is 5.26 Å². The average molecular weight is 308 g/mol. The summed E-state index contributed by atoms with van der Waals surface area (Å²) < 4.78 is 40.9. The molecule has 0 spiro atoms. The molecule has 0 saturated carbocycles. The van der Waals surface area contributed by atoms with Crippen molar-refractivity contribution in [2.75, 3.05) is 5.75 Å². The predicted octanol–water partition coefficient (Wildman–Crippen LogP) is 2.05. The fourth-order valence-corrected chi connectivity index (χ4v) is 3.00. The van der Waals surface area contributed by atoms with Gasteiger partial charge in [-0.05, 0) is 6.07 Å². The van der Waals surface area contributed by atoms with Crippen molar-refractivity contribution in [3.63, 3.8) is 0 Å². The number of halogens is 2. The summed E-state index contributed by atoms with van der Waals surface area (Å²) in [5.41, 5.74) is 0.321. The van der Waals surface area contributed by atoms with Gasteiger partial charge in [-0.15, -0.1) is 5.10 Å². The minimum atomic E-state index is -1.70. The van der Waals surface area contributed by atoms with Crippen molar-refractivity contribution in [1.29, 1.82) is 5.26 Å². The first-order valence-electron chi connectivity index (χ1n) is 6.22. The monoisotopic (exact) mass is 308 g/mol. The van der Waals surface area contributed by atoms with Gasteiger partial charge in [0.15, 0.2) is 12.0 Å². The molecule has 0 radical (unpaired) electrons. The van der Waals surface area contributed by atoms with E-state index in [0.717, 1.165) is 0 Å². The van der Waals surface area contributed by atoms with Gasteiger partial charge in [-0.3, -0.25) is 0 Å². The standard InChI is InChI=1S/C13H10F2N4OS/c14-9-4-2-1-3-8(9)11-7-10(15)12-17-13(18-19(11)12)21(20)6-5-16/h1-4,10-11H,6-7H2/t10-,11-,21-/m0/s1. The number of nitriles is 1. The summed E-state index contributed by atoms with van der Waals surface area (Å²) in [5.74, 6) is -0.674. The largest absolute Gasteiger partial charge is 0.250 e. The summed E-state index contributed by atoms with van der Waals surface area (Å²) in [6.45, 7) is 0. The van der Waals surface area contributed by atoms with E-state index in [1.807, 2.05) is 0 Å². The van der Waals surface area contributed by atoms with E-state index in [-0.39, 0.29) is 23.2 Å². The molecular formula is C13H10F2N4OS. The molecule has 1 aromatic carbocycles. The molecule has 0 saturated heterocycles. The first-order chi connectivity index (χ1) is 10.1. The molecule has 0 amide bonds. The number of nitrogens with zero attached hydrogens (tertiary/aromatic N) is 4. The number of rotatable bonds is 3. The molecule has 2 aromatic rings. The molecule has 3 rings (SSSR count). The molecule has 2 heterocycles. The maximum atomic E-state index is 14.0. The highest BCUT2D eigenvalue weighted by Crippen LogP contribution is 2.40. The minimum absolute atomic E-state index is 0.0320. The molecule has 1 aromatic heterocycles. The van der Waals surface area contributed by atoms with Crippen LogP contribution in [0.3, 0.4) is 0 Å². The van der Waals surface area contributed by atoms with Crippen LogP contribution in [0, 0.1) is 17.1 Å². The predicted molar refractivity (Wildman–Crippen MR) is 69.9 cm³/mol. The zero-order chi connectivity index (χ0) is 15.0. The summed E-state index contributed by atoms with van der Waals surface area (Å²) >= 11 is 0. The number of alkyl halides is 1. The second-order valence-corrected chi connectivity index (χ2v) is 5.93. The lowest BCUT2D eigenvalue weighted by Crippen LogP contribution is -2.10. The summed E-state index contributed by atoms with van der Waals surface area (Å²) in [6, 6.07) is 7.21.